The number of hydrogen-bond acceptors (Lipinski definition) is 3. The van der Waals surface area contributed by atoms with Crippen LogP contribution in [0.25, 0.3) is 10.8 Å². The second-order valence-corrected chi connectivity index (χ2v) is 4.30. The summed E-state index contributed by atoms with van der Waals surface area (Å²) in [5.74, 6) is 0.700. The lowest BCUT2D eigenvalue weighted by atomic mass is 9.92. The molecule has 0 bridgehead atoms. The molecule has 84 valence electrons. The van der Waals surface area contributed by atoms with E-state index in [-0.39, 0.29) is 0 Å². The second-order valence-electron chi connectivity index (χ2n) is 4.30. The quantitative estimate of drug-likeness (QED) is 0.840. The van der Waals surface area contributed by atoms with Crippen molar-refractivity contribution >= 4 is 10.8 Å². The van der Waals surface area contributed by atoms with E-state index in [0.29, 0.717) is 5.75 Å². The maximum atomic E-state index is 10.2. The molecule has 1 aromatic carbocycles. The van der Waals surface area contributed by atoms with Crippen molar-refractivity contribution < 1.29 is 9.84 Å². The topological polar surface area (TPSA) is 42.4 Å². The Hall–Kier alpha value is -1.61. The number of nitrogens with zero attached hydrogens (tertiary/aromatic N) is 1. The number of pyridine rings is 1. The van der Waals surface area contributed by atoms with Gasteiger partial charge in [0.05, 0.1) is 12.7 Å². The summed E-state index contributed by atoms with van der Waals surface area (Å²) in [6, 6.07) is 5.69. The predicted molar refractivity (Wildman–Crippen MR) is 63.5 cm³/mol. The highest BCUT2D eigenvalue weighted by Gasteiger charge is 2.23. The number of fused-ring (bicyclic) bond motifs is 1. The number of aliphatic hydroxyl groups is 1. The Labute approximate surface area is 94.7 Å². The lowest BCUT2D eigenvalue weighted by Gasteiger charge is -2.22. The van der Waals surface area contributed by atoms with Crippen LogP contribution in [0.4, 0.5) is 0 Å². The Bertz CT molecular complexity index is 515. The lowest BCUT2D eigenvalue weighted by molar-refractivity contribution is 0.0773. The van der Waals surface area contributed by atoms with E-state index in [1.165, 1.54) is 0 Å². The zero-order chi connectivity index (χ0) is 11.8. The van der Waals surface area contributed by atoms with Gasteiger partial charge >= 0.3 is 0 Å². The first-order valence-electron chi connectivity index (χ1n) is 5.17. The van der Waals surface area contributed by atoms with Gasteiger partial charge in [-0.3, -0.25) is 4.98 Å². The van der Waals surface area contributed by atoms with Gasteiger partial charge in [-0.2, -0.15) is 0 Å². The Balaban J connectivity index is 2.84. The van der Waals surface area contributed by atoms with E-state index < -0.39 is 5.60 Å². The maximum absolute atomic E-state index is 10.2. The van der Waals surface area contributed by atoms with Crippen LogP contribution in [-0.2, 0) is 5.60 Å². The molecule has 1 heterocycles. The largest absolute Gasteiger partial charge is 0.496 e. The van der Waals surface area contributed by atoms with Crippen molar-refractivity contribution in [2.24, 2.45) is 0 Å². The van der Waals surface area contributed by atoms with Crippen molar-refractivity contribution in [2.75, 3.05) is 7.11 Å². The van der Waals surface area contributed by atoms with Gasteiger partial charge in [0, 0.05) is 23.3 Å². The third-order valence-corrected chi connectivity index (χ3v) is 2.61. The van der Waals surface area contributed by atoms with Gasteiger partial charge < -0.3 is 9.84 Å². The van der Waals surface area contributed by atoms with E-state index in [9.17, 15) is 5.11 Å². The molecule has 2 rings (SSSR count). The van der Waals surface area contributed by atoms with Crippen LogP contribution in [0.5, 0.6) is 5.75 Å². The van der Waals surface area contributed by atoms with Gasteiger partial charge in [0.2, 0.25) is 0 Å². The minimum Gasteiger partial charge on any atom is -0.496 e. The molecule has 1 N–H and O–H groups in total. The van der Waals surface area contributed by atoms with Gasteiger partial charge in [0.1, 0.15) is 5.75 Å². The number of methoxy groups -OCH3 is 1. The lowest BCUT2D eigenvalue weighted by Crippen LogP contribution is -2.17. The van der Waals surface area contributed by atoms with Crippen molar-refractivity contribution in [1.29, 1.82) is 0 Å². The molecule has 0 amide bonds. The van der Waals surface area contributed by atoms with Crippen LogP contribution in [0, 0.1) is 0 Å². The molecule has 3 nitrogen and oxygen atoms in total. The van der Waals surface area contributed by atoms with E-state index in [1.807, 2.05) is 18.2 Å². The maximum Gasteiger partial charge on any atom is 0.125 e. The predicted octanol–water partition coefficient (Wildman–Crippen LogP) is 2.47. The molecule has 0 saturated carbocycles. The first-order chi connectivity index (χ1) is 7.54. The molecule has 0 unspecified atom stereocenters. The van der Waals surface area contributed by atoms with Gasteiger partial charge in [0.15, 0.2) is 0 Å². The molecule has 0 atom stereocenters. The fourth-order valence-electron chi connectivity index (χ4n) is 1.95. The Kier molecular flexibility index (Phi) is 2.56. The van der Waals surface area contributed by atoms with E-state index in [0.717, 1.165) is 16.3 Å². The molecule has 3 heteroatoms. The summed E-state index contributed by atoms with van der Waals surface area (Å²) < 4.78 is 5.30. The third kappa shape index (κ3) is 1.74. The molecule has 2 aromatic rings. The Morgan fingerprint density at radius 2 is 2.00 bits per heavy atom. The highest BCUT2D eigenvalue weighted by molar-refractivity contribution is 5.87. The first-order valence-corrected chi connectivity index (χ1v) is 5.17. The minimum atomic E-state index is -0.938. The Morgan fingerprint density at radius 1 is 1.25 bits per heavy atom. The zero-order valence-corrected chi connectivity index (χ0v) is 9.69. The molecule has 0 aliphatic carbocycles. The molecule has 16 heavy (non-hydrogen) atoms. The molecule has 0 spiro atoms. The van der Waals surface area contributed by atoms with Crippen LogP contribution < -0.4 is 4.74 Å². The van der Waals surface area contributed by atoms with Crippen LogP contribution in [-0.4, -0.2) is 17.2 Å². The number of aromatic nitrogens is 1. The van der Waals surface area contributed by atoms with Gasteiger partial charge in [0.25, 0.3) is 0 Å². The summed E-state index contributed by atoms with van der Waals surface area (Å²) in [5.41, 5.74) is -0.137. The van der Waals surface area contributed by atoms with Crippen molar-refractivity contribution in [3.63, 3.8) is 0 Å². The standard InChI is InChI=1S/C13H15NO2/c1-13(2,15)12-10-6-7-14-8-9(10)4-5-11(12)16-3/h4-8,15H,1-3H3. The van der Waals surface area contributed by atoms with Crippen molar-refractivity contribution in [1.82, 2.24) is 4.98 Å². The number of ether oxygens (including phenoxy) is 1. The average molecular weight is 217 g/mol. The summed E-state index contributed by atoms with van der Waals surface area (Å²) >= 11 is 0. The van der Waals surface area contributed by atoms with E-state index in [2.05, 4.69) is 4.98 Å². The molecule has 0 aliphatic heterocycles. The summed E-state index contributed by atoms with van der Waals surface area (Å²) in [5, 5.41) is 12.2. The fraction of sp³-hybridized carbons (Fsp3) is 0.308. The molecule has 0 radical (unpaired) electrons. The average Bonchev–Trinajstić information content (AvgIpc) is 2.26. The third-order valence-electron chi connectivity index (χ3n) is 2.61. The van der Waals surface area contributed by atoms with Gasteiger partial charge in [-0.05, 0) is 37.4 Å². The molecular formula is C13H15NO2. The molecular weight excluding hydrogens is 202 g/mol. The molecule has 0 fully saturated rings. The van der Waals surface area contributed by atoms with Gasteiger partial charge in [-0.25, -0.2) is 0 Å². The summed E-state index contributed by atoms with van der Waals surface area (Å²) in [6.07, 6.45) is 3.50. The van der Waals surface area contributed by atoms with Crippen molar-refractivity contribution in [3.05, 3.63) is 36.2 Å². The van der Waals surface area contributed by atoms with Crippen molar-refractivity contribution in [2.45, 2.75) is 19.4 Å². The van der Waals surface area contributed by atoms with E-state index in [1.54, 1.807) is 33.4 Å². The molecule has 0 aliphatic rings. The smallest absolute Gasteiger partial charge is 0.125 e. The normalized spacial score (nSPS) is 11.8. The highest BCUT2D eigenvalue weighted by atomic mass is 16.5. The summed E-state index contributed by atoms with van der Waals surface area (Å²) in [4.78, 5) is 4.07. The van der Waals surface area contributed by atoms with Crippen LogP contribution in [0.15, 0.2) is 30.6 Å². The Morgan fingerprint density at radius 3 is 2.62 bits per heavy atom. The van der Waals surface area contributed by atoms with Crippen LogP contribution in [0.1, 0.15) is 19.4 Å². The monoisotopic (exact) mass is 217 g/mol. The van der Waals surface area contributed by atoms with E-state index in [4.69, 9.17) is 4.74 Å². The summed E-state index contributed by atoms with van der Waals surface area (Å²) in [7, 11) is 1.61. The number of benzene rings is 1. The fourth-order valence-corrected chi connectivity index (χ4v) is 1.95. The SMILES string of the molecule is COc1ccc2cnccc2c1C(C)(C)O. The van der Waals surface area contributed by atoms with Crippen LogP contribution >= 0.6 is 0 Å². The molecule has 1 aromatic heterocycles. The minimum absolute atomic E-state index is 0.700. The van der Waals surface area contributed by atoms with Gasteiger partial charge in [-0.15, -0.1) is 0 Å². The number of hydrogen-bond donors (Lipinski definition) is 1. The number of rotatable bonds is 2. The summed E-state index contributed by atoms with van der Waals surface area (Å²) in [6.45, 7) is 3.51. The zero-order valence-electron chi connectivity index (χ0n) is 9.69. The van der Waals surface area contributed by atoms with Gasteiger partial charge in [-0.1, -0.05) is 0 Å². The van der Waals surface area contributed by atoms with Crippen molar-refractivity contribution in [3.8, 4) is 5.75 Å². The van der Waals surface area contributed by atoms with E-state index >= 15 is 0 Å². The molecule has 0 saturated heterocycles. The van der Waals surface area contributed by atoms with Crippen LogP contribution in [0.2, 0.25) is 0 Å². The first kappa shape index (κ1) is 10.9. The second kappa shape index (κ2) is 3.76. The van der Waals surface area contributed by atoms with Crippen LogP contribution in [0.3, 0.4) is 0 Å². The highest BCUT2D eigenvalue weighted by Crippen LogP contribution is 2.35.